The van der Waals surface area contributed by atoms with Gasteiger partial charge in [0.2, 0.25) is 5.91 Å². The van der Waals surface area contributed by atoms with Gasteiger partial charge in [0.1, 0.15) is 0 Å². The molecule has 3 rings (SSSR count). The van der Waals surface area contributed by atoms with E-state index in [1.807, 2.05) is 19.2 Å². The van der Waals surface area contributed by atoms with Crippen LogP contribution in [-0.4, -0.2) is 42.0 Å². The number of hydrogen-bond donors (Lipinski definition) is 1. The lowest BCUT2D eigenvalue weighted by atomic mass is 9.77. The average Bonchev–Trinajstić information content (AvgIpc) is 3.08. The van der Waals surface area contributed by atoms with Crippen molar-refractivity contribution >= 4 is 52.3 Å². The van der Waals surface area contributed by atoms with Crippen molar-refractivity contribution in [3.63, 3.8) is 0 Å². The van der Waals surface area contributed by atoms with Crippen molar-refractivity contribution in [2.45, 2.75) is 52.0 Å². The summed E-state index contributed by atoms with van der Waals surface area (Å²) in [5.74, 6) is 0.316. The summed E-state index contributed by atoms with van der Waals surface area (Å²) in [4.78, 5) is 20.3. The van der Waals surface area contributed by atoms with Crippen LogP contribution in [0.25, 0.3) is 10.2 Å². The molecule has 27 heavy (non-hydrogen) atoms. The second kappa shape index (κ2) is 10.6. The van der Waals surface area contributed by atoms with Gasteiger partial charge in [0, 0.05) is 25.6 Å². The maximum atomic E-state index is 13.4. The molecule has 1 aromatic carbocycles. The molecule has 0 radical (unpaired) electrons. The summed E-state index contributed by atoms with van der Waals surface area (Å²) < 4.78 is 1.21. The van der Waals surface area contributed by atoms with Crippen LogP contribution >= 0.6 is 36.2 Å². The van der Waals surface area contributed by atoms with Gasteiger partial charge < -0.3 is 10.2 Å². The minimum atomic E-state index is -0.330. The number of rotatable bonds is 6. The highest BCUT2D eigenvalue weighted by atomic mass is 35.5. The molecule has 4 nitrogen and oxygen atoms in total. The number of nitrogens with one attached hydrogen (secondary N) is 1. The highest BCUT2D eigenvalue weighted by Crippen LogP contribution is 2.36. The summed E-state index contributed by atoms with van der Waals surface area (Å²) >= 11 is 1.73. The van der Waals surface area contributed by atoms with Crippen molar-refractivity contribution in [2.24, 2.45) is 5.41 Å². The molecule has 1 saturated heterocycles. The Balaban J connectivity index is 0.00000182. The fourth-order valence-corrected chi connectivity index (χ4v) is 5.01. The van der Waals surface area contributed by atoms with Crippen molar-refractivity contribution in [3.05, 3.63) is 29.3 Å². The zero-order valence-electron chi connectivity index (χ0n) is 16.4. The normalized spacial score (nSPS) is 17.3. The molecule has 7 heteroatoms. The first-order chi connectivity index (χ1) is 12.1. The van der Waals surface area contributed by atoms with Gasteiger partial charge in [-0.05, 0) is 44.9 Å². The number of aromatic nitrogens is 1. The molecule has 1 amide bonds. The number of halogens is 2. The molecule has 0 saturated carbocycles. The van der Waals surface area contributed by atoms with Crippen molar-refractivity contribution in [1.82, 2.24) is 15.2 Å². The third-order valence-corrected chi connectivity index (χ3v) is 6.79. The van der Waals surface area contributed by atoms with E-state index in [2.05, 4.69) is 36.2 Å². The molecule has 1 aromatic heterocycles. The minimum absolute atomic E-state index is 0. The number of carbonyl (C=O) groups is 1. The molecule has 1 atom stereocenters. The van der Waals surface area contributed by atoms with E-state index in [0.29, 0.717) is 11.9 Å². The topological polar surface area (TPSA) is 45.2 Å². The first kappa shape index (κ1) is 24.2. The summed E-state index contributed by atoms with van der Waals surface area (Å²) in [7, 11) is 1.99. The lowest BCUT2D eigenvalue weighted by Gasteiger charge is -2.40. The van der Waals surface area contributed by atoms with E-state index in [-0.39, 0.29) is 30.2 Å². The molecule has 1 fully saturated rings. The quantitative estimate of drug-likeness (QED) is 0.720. The Morgan fingerprint density at radius 1 is 1.30 bits per heavy atom. The number of benzene rings is 1. The zero-order valence-corrected chi connectivity index (χ0v) is 18.8. The summed E-state index contributed by atoms with van der Waals surface area (Å²) in [5, 5.41) is 4.42. The number of thiazole rings is 1. The van der Waals surface area contributed by atoms with Crippen molar-refractivity contribution in [1.29, 1.82) is 0 Å². The van der Waals surface area contributed by atoms with E-state index in [1.165, 1.54) is 4.70 Å². The number of likely N-dealkylation sites (tertiary alicyclic amines) is 1. The van der Waals surface area contributed by atoms with E-state index < -0.39 is 0 Å². The molecule has 2 aromatic rings. The first-order valence-corrected chi connectivity index (χ1v) is 10.2. The van der Waals surface area contributed by atoms with E-state index >= 15 is 0 Å². The zero-order chi connectivity index (χ0) is 17.9. The summed E-state index contributed by atoms with van der Waals surface area (Å²) in [5.41, 5.74) is 0.716. The van der Waals surface area contributed by atoms with Crippen LogP contribution in [0.2, 0.25) is 0 Å². The van der Waals surface area contributed by atoms with Crippen molar-refractivity contribution in [2.75, 3.05) is 20.1 Å². The number of para-hydroxylation sites is 1. The molecule has 1 N–H and O–H groups in total. The van der Waals surface area contributed by atoms with Crippen LogP contribution in [0.4, 0.5) is 0 Å². The van der Waals surface area contributed by atoms with Crippen LogP contribution < -0.4 is 5.32 Å². The van der Waals surface area contributed by atoms with Gasteiger partial charge in [-0.1, -0.05) is 26.0 Å². The van der Waals surface area contributed by atoms with Gasteiger partial charge in [0.15, 0.2) is 0 Å². The van der Waals surface area contributed by atoms with Crippen LogP contribution in [0.15, 0.2) is 24.3 Å². The Morgan fingerprint density at radius 3 is 2.63 bits per heavy atom. The number of hydrogen-bond acceptors (Lipinski definition) is 4. The minimum Gasteiger partial charge on any atom is -0.341 e. The molecule has 152 valence electrons. The molecular weight excluding hydrogens is 401 g/mol. The predicted molar refractivity (Wildman–Crippen MR) is 119 cm³/mol. The number of amides is 1. The average molecular weight is 432 g/mol. The predicted octanol–water partition coefficient (Wildman–Crippen LogP) is 4.70. The van der Waals surface area contributed by atoms with Crippen molar-refractivity contribution in [3.8, 4) is 0 Å². The third kappa shape index (κ3) is 5.14. The van der Waals surface area contributed by atoms with Crippen LogP contribution in [0.1, 0.15) is 44.5 Å². The Bertz CT molecular complexity index is 700. The van der Waals surface area contributed by atoms with Gasteiger partial charge >= 0.3 is 0 Å². The largest absolute Gasteiger partial charge is 0.341 e. The Morgan fingerprint density at radius 2 is 2.00 bits per heavy atom. The highest BCUT2D eigenvalue weighted by Gasteiger charge is 2.40. The third-order valence-electron chi connectivity index (χ3n) is 5.75. The lowest BCUT2D eigenvalue weighted by molar-refractivity contribution is -0.144. The number of fused-ring (bicyclic) bond motifs is 1. The molecule has 1 aliphatic heterocycles. The summed E-state index contributed by atoms with van der Waals surface area (Å²) in [6.45, 7) is 6.01. The molecule has 1 aliphatic rings. The fraction of sp³-hybridized carbons (Fsp3) is 0.600. The van der Waals surface area contributed by atoms with E-state index in [0.717, 1.165) is 55.7 Å². The van der Waals surface area contributed by atoms with Gasteiger partial charge in [-0.25, -0.2) is 4.98 Å². The smallest absolute Gasteiger partial charge is 0.229 e. The molecule has 2 heterocycles. The van der Waals surface area contributed by atoms with E-state index in [9.17, 15) is 4.79 Å². The van der Waals surface area contributed by atoms with Crippen LogP contribution in [-0.2, 0) is 11.2 Å². The van der Waals surface area contributed by atoms with Gasteiger partial charge in [-0.3, -0.25) is 4.79 Å². The highest BCUT2D eigenvalue weighted by molar-refractivity contribution is 7.18. The standard InChI is InChI=1S/C20H29N3OS.2ClH/c1-4-20(5-2,19(24)23-12-8-9-15(14-23)21-3)13-18-22-16-10-6-7-11-17(16)25-18;;/h6-7,10-11,15,21H,4-5,8-9,12-14H2,1-3H3;2*1H. The fourth-order valence-electron chi connectivity index (χ4n) is 3.90. The van der Waals surface area contributed by atoms with Crippen LogP contribution in [0.3, 0.4) is 0 Å². The van der Waals surface area contributed by atoms with Crippen molar-refractivity contribution < 1.29 is 4.79 Å². The second-order valence-electron chi connectivity index (χ2n) is 7.12. The number of piperidine rings is 1. The van der Waals surface area contributed by atoms with Crippen LogP contribution in [0, 0.1) is 5.41 Å². The van der Waals surface area contributed by atoms with E-state index in [1.54, 1.807) is 11.3 Å². The maximum Gasteiger partial charge on any atom is 0.229 e. The molecular formula is C20H31Cl2N3OS. The second-order valence-corrected chi connectivity index (χ2v) is 8.23. The number of likely N-dealkylation sites (N-methyl/N-ethyl adjacent to an activating group) is 1. The SMILES string of the molecule is CCC(CC)(Cc1nc2ccccc2s1)C(=O)N1CCCC(NC)C1.Cl.Cl. The molecule has 0 spiro atoms. The van der Waals surface area contributed by atoms with Crippen LogP contribution in [0.5, 0.6) is 0 Å². The molecule has 0 bridgehead atoms. The molecule has 0 aliphatic carbocycles. The Labute approximate surface area is 178 Å². The van der Waals surface area contributed by atoms with Gasteiger partial charge in [-0.15, -0.1) is 36.2 Å². The van der Waals surface area contributed by atoms with Gasteiger partial charge in [-0.2, -0.15) is 0 Å². The Hall–Kier alpha value is -0.880. The number of carbonyl (C=O) groups excluding carboxylic acids is 1. The Kier molecular flexibility index (Phi) is 9.49. The van der Waals surface area contributed by atoms with E-state index in [4.69, 9.17) is 4.98 Å². The molecule has 1 unspecified atom stereocenters. The first-order valence-electron chi connectivity index (χ1n) is 9.43. The summed E-state index contributed by atoms with van der Waals surface area (Å²) in [6, 6.07) is 8.66. The summed E-state index contributed by atoms with van der Waals surface area (Å²) in [6.07, 6.45) is 4.71. The van der Waals surface area contributed by atoms with Gasteiger partial charge in [0.25, 0.3) is 0 Å². The number of nitrogens with zero attached hydrogens (tertiary/aromatic N) is 2. The lowest BCUT2D eigenvalue weighted by Crippen LogP contribution is -2.52. The maximum absolute atomic E-state index is 13.4. The monoisotopic (exact) mass is 431 g/mol. The van der Waals surface area contributed by atoms with Gasteiger partial charge in [0.05, 0.1) is 20.6 Å².